The number of carbonyl (C=O) groups excluding carboxylic acids is 1. The van der Waals surface area contributed by atoms with Crippen LogP contribution in [0, 0.1) is 0 Å². The number of hydrogen-bond donors (Lipinski definition) is 2. The fraction of sp³-hybridized carbons (Fsp3) is 0.367. The molecule has 0 fully saturated rings. The molecule has 0 amide bonds. The second-order valence-corrected chi connectivity index (χ2v) is 9.73. The second kappa shape index (κ2) is 13.5. The van der Waals surface area contributed by atoms with E-state index in [4.69, 9.17) is 15.2 Å². The molecular formula is C30H31F6NO4. The predicted molar refractivity (Wildman–Crippen MR) is 139 cm³/mol. The van der Waals surface area contributed by atoms with Gasteiger partial charge in [-0.15, -0.1) is 0 Å². The lowest BCUT2D eigenvalue weighted by Crippen LogP contribution is -2.43. The third-order valence-electron chi connectivity index (χ3n) is 6.77. The summed E-state index contributed by atoms with van der Waals surface area (Å²) < 4.78 is 92.1. The Bertz CT molecular complexity index is 1240. The molecule has 0 radical (unpaired) electrons. The Morgan fingerprint density at radius 3 is 1.90 bits per heavy atom. The van der Waals surface area contributed by atoms with E-state index in [-0.39, 0.29) is 37.6 Å². The summed E-state index contributed by atoms with van der Waals surface area (Å²) in [5.41, 5.74) is 1.83. The highest BCUT2D eigenvalue weighted by Gasteiger charge is 2.43. The van der Waals surface area contributed by atoms with Crippen LogP contribution < -0.4 is 5.73 Å². The number of rotatable bonds is 12. The van der Waals surface area contributed by atoms with Crippen molar-refractivity contribution in [3.05, 3.63) is 107 Å². The quantitative estimate of drug-likeness (QED) is 0.186. The molecule has 0 saturated heterocycles. The topological polar surface area (TPSA) is 81.8 Å². The largest absolute Gasteiger partial charge is 0.460 e. The average molecular weight is 584 g/mol. The van der Waals surface area contributed by atoms with Gasteiger partial charge < -0.3 is 20.3 Å². The monoisotopic (exact) mass is 583 g/mol. The van der Waals surface area contributed by atoms with Crippen LogP contribution in [0.1, 0.15) is 53.7 Å². The summed E-state index contributed by atoms with van der Waals surface area (Å²) in [6.07, 6.45) is -12.3. The van der Waals surface area contributed by atoms with Gasteiger partial charge in [-0.1, -0.05) is 60.7 Å². The average Bonchev–Trinajstić information content (AvgIpc) is 2.95. The number of aliphatic hydroxyl groups is 1. The van der Waals surface area contributed by atoms with Crippen LogP contribution in [0.15, 0.2) is 78.9 Å². The van der Waals surface area contributed by atoms with Crippen molar-refractivity contribution in [2.24, 2.45) is 5.73 Å². The molecule has 41 heavy (non-hydrogen) atoms. The predicted octanol–water partition coefficient (Wildman–Crippen LogP) is 6.58. The number of benzene rings is 3. The number of alkyl halides is 6. The van der Waals surface area contributed by atoms with E-state index in [1.807, 2.05) is 0 Å². The van der Waals surface area contributed by atoms with Crippen LogP contribution in [-0.2, 0) is 38.6 Å². The summed E-state index contributed by atoms with van der Waals surface area (Å²) in [5, 5.41) is 10.2. The summed E-state index contributed by atoms with van der Waals surface area (Å²) in [7, 11) is 0. The Morgan fingerprint density at radius 1 is 0.854 bits per heavy atom. The van der Waals surface area contributed by atoms with Gasteiger partial charge in [0.25, 0.3) is 0 Å². The van der Waals surface area contributed by atoms with Gasteiger partial charge in [0.1, 0.15) is 12.0 Å². The van der Waals surface area contributed by atoms with E-state index in [0.717, 1.165) is 0 Å². The molecule has 0 bridgehead atoms. The maximum Gasteiger partial charge on any atom is 0.416 e. The number of halogens is 6. The zero-order chi connectivity index (χ0) is 30.3. The van der Waals surface area contributed by atoms with Crippen LogP contribution in [-0.4, -0.2) is 30.3 Å². The number of aliphatic hydroxyl groups excluding tert-OH is 1. The highest BCUT2D eigenvalue weighted by molar-refractivity contribution is 5.83. The van der Waals surface area contributed by atoms with Crippen molar-refractivity contribution in [2.75, 3.05) is 13.2 Å². The van der Waals surface area contributed by atoms with E-state index in [2.05, 4.69) is 0 Å². The maximum atomic E-state index is 13.7. The molecule has 0 aliphatic heterocycles. The number of hydrogen-bond acceptors (Lipinski definition) is 5. The van der Waals surface area contributed by atoms with E-state index in [0.29, 0.717) is 23.3 Å². The summed E-state index contributed by atoms with van der Waals surface area (Å²) in [5.74, 6) is -0.732. The van der Waals surface area contributed by atoms with Crippen LogP contribution in [0.5, 0.6) is 0 Å². The zero-order valence-corrected chi connectivity index (χ0v) is 22.2. The van der Waals surface area contributed by atoms with E-state index in [1.165, 1.54) is 6.92 Å². The molecule has 0 heterocycles. The molecule has 0 aromatic heterocycles. The van der Waals surface area contributed by atoms with Crippen LogP contribution in [0.3, 0.4) is 0 Å². The Hall–Kier alpha value is -3.41. The minimum Gasteiger partial charge on any atom is -0.460 e. The van der Waals surface area contributed by atoms with E-state index < -0.39 is 53.7 Å². The van der Waals surface area contributed by atoms with Crippen LogP contribution in [0.4, 0.5) is 26.3 Å². The van der Waals surface area contributed by atoms with Gasteiger partial charge in [0.15, 0.2) is 0 Å². The van der Waals surface area contributed by atoms with Gasteiger partial charge >= 0.3 is 18.3 Å². The Balaban J connectivity index is 1.99. The fourth-order valence-corrected chi connectivity index (χ4v) is 4.31. The molecule has 1 unspecified atom stereocenters. The van der Waals surface area contributed by atoms with E-state index in [1.54, 1.807) is 60.7 Å². The van der Waals surface area contributed by atoms with Gasteiger partial charge in [-0.25, -0.2) is 0 Å². The van der Waals surface area contributed by atoms with Crippen molar-refractivity contribution in [1.29, 1.82) is 0 Å². The van der Waals surface area contributed by atoms with Crippen molar-refractivity contribution in [3.8, 4) is 0 Å². The molecule has 0 saturated carbocycles. The van der Waals surface area contributed by atoms with Crippen LogP contribution >= 0.6 is 0 Å². The Labute approximate surface area is 233 Å². The van der Waals surface area contributed by atoms with Gasteiger partial charge in [-0.05, 0) is 54.7 Å². The SMILES string of the molecule is C[C@@H](OC[C@](CCC(O)CN)(C(=O)OCc1ccccc1)c1ccccc1)c1cc(C(F)(F)F)cc(C(F)(F)F)c1. The van der Waals surface area contributed by atoms with Crippen molar-refractivity contribution >= 4 is 5.97 Å². The molecule has 3 N–H and O–H groups in total. The van der Waals surface area contributed by atoms with Gasteiger partial charge in [0.05, 0.1) is 29.9 Å². The maximum absolute atomic E-state index is 13.7. The summed E-state index contributed by atoms with van der Waals surface area (Å²) in [4.78, 5) is 13.7. The lowest BCUT2D eigenvalue weighted by molar-refractivity contribution is -0.156. The molecule has 0 aliphatic rings. The van der Waals surface area contributed by atoms with Gasteiger partial charge in [-0.2, -0.15) is 26.3 Å². The highest BCUT2D eigenvalue weighted by atomic mass is 19.4. The standard InChI is InChI=1S/C30H31F6NO4/c1-20(22-14-24(29(31,32)33)16-25(15-22)30(34,35)36)41-19-28(13-12-26(38)17-37,23-10-6-3-7-11-23)27(39)40-18-21-8-4-2-5-9-21/h2-11,14-16,20,26,38H,12-13,17-19,37H2,1H3/t20-,26?,28+/m1/s1. The molecule has 3 aromatic rings. The smallest absolute Gasteiger partial charge is 0.416 e. The van der Waals surface area contributed by atoms with Gasteiger partial charge in [-0.3, -0.25) is 4.79 Å². The molecule has 0 aliphatic carbocycles. The van der Waals surface area contributed by atoms with Crippen molar-refractivity contribution in [3.63, 3.8) is 0 Å². The van der Waals surface area contributed by atoms with E-state index in [9.17, 15) is 36.2 Å². The number of ether oxygens (including phenoxy) is 2. The third kappa shape index (κ3) is 8.54. The van der Waals surface area contributed by atoms with Crippen LogP contribution in [0.2, 0.25) is 0 Å². The van der Waals surface area contributed by atoms with Crippen molar-refractivity contribution in [1.82, 2.24) is 0 Å². The molecule has 222 valence electrons. The number of esters is 1. The minimum absolute atomic E-state index is 0.0217. The van der Waals surface area contributed by atoms with Crippen molar-refractivity contribution in [2.45, 2.75) is 56.3 Å². The minimum atomic E-state index is -5.02. The molecule has 0 spiro atoms. The molecular weight excluding hydrogens is 552 g/mol. The second-order valence-electron chi connectivity index (χ2n) is 9.73. The van der Waals surface area contributed by atoms with Crippen LogP contribution in [0.25, 0.3) is 0 Å². The first-order valence-electron chi connectivity index (χ1n) is 12.8. The molecule has 3 atom stereocenters. The Kier molecular flexibility index (Phi) is 10.6. The highest BCUT2D eigenvalue weighted by Crippen LogP contribution is 2.39. The summed E-state index contributed by atoms with van der Waals surface area (Å²) in [6.45, 7) is 0.660. The fourth-order valence-electron chi connectivity index (χ4n) is 4.31. The third-order valence-corrected chi connectivity index (χ3v) is 6.77. The number of nitrogens with two attached hydrogens (primary N) is 1. The first-order chi connectivity index (χ1) is 19.3. The first-order valence-corrected chi connectivity index (χ1v) is 12.8. The van der Waals surface area contributed by atoms with Gasteiger partial charge in [0, 0.05) is 6.54 Å². The number of carbonyl (C=O) groups is 1. The van der Waals surface area contributed by atoms with E-state index >= 15 is 0 Å². The normalized spacial score (nSPS) is 15.1. The zero-order valence-electron chi connectivity index (χ0n) is 22.2. The summed E-state index contributed by atoms with van der Waals surface area (Å²) in [6, 6.07) is 18.4. The molecule has 3 aromatic carbocycles. The summed E-state index contributed by atoms with van der Waals surface area (Å²) >= 11 is 0. The molecule has 11 heteroatoms. The van der Waals surface area contributed by atoms with Crippen molar-refractivity contribution < 1.29 is 45.7 Å². The first kappa shape index (κ1) is 32.1. The molecule has 3 rings (SSSR count). The lowest BCUT2D eigenvalue weighted by Gasteiger charge is -2.34. The van der Waals surface area contributed by atoms with Gasteiger partial charge in [0.2, 0.25) is 0 Å². The lowest BCUT2D eigenvalue weighted by atomic mass is 9.76. The Morgan fingerprint density at radius 2 is 1.39 bits per heavy atom. The molecule has 5 nitrogen and oxygen atoms in total.